The number of aryl methyl sites for hydroxylation is 1. The van der Waals surface area contributed by atoms with Crippen LogP contribution in [-0.4, -0.2) is 69.7 Å². The summed E-state index contributed by atoms with van der Waals surface area (Å²) in [5.74, 6) is 0.606. The summed E-state index contributed by atoms with van der Waals surface area (Å²) in [6, 6.07) is 2.06. The lowest BCUT2D eigenvalue weighted by Gasteiger charge is -2.26. The third kappa shape index (κ3) is 3.58. The summed E-state index contributed by atoms with van der Waals surface area (Å²) < 4.78 is 7.47. The van der Waals surface area contributed by atoms with Crippen molar-refractivity contribution in [2.45, 2.75) is 39.7 Å². The maximum Gasteiger partial charge on any atom is 0.225 e. The molecule has 27 heavy (non-hydrogen) atoms. The SMILES string of the molecule is Cc1nn2c([C@@H]3CCN(C(=O)C(C)C)C3)ccnc2c1CN1CCOCC1. The van der Waals surface area contributed by atoms with E-state index in [-0.39, 0.29) is 11.8 Å². The molecular formula is C20H29N5O2. The van der Waals surface area contributed by atoms with Crippen LogP contribution >= 0.6 is 0 Å². The highest BCUT2D eigenvalue weighted by molar-refractivity contribution is 5.78. The smallest absolute Gasteiger partial charge is 0.225 e. The van der Waals surface area contributed by atoms with Gasteiger partial charge in [0, 0.05) is 56.3 Å². The zero-order valence-electron chi connectivity index (χ0n) is 16.5. The second kappa shape index (κ2) is 7.56. The Morgan fingerprint density at radius 1 is 1.30 bits per heavy atom. The zero-order valence-corrected chi connectivity index (χ0v) is 16.5. The fourth-order valence-electron chi connectivity index (χ4n) is 4.16. The minimum Gasteiger partial charge on any atom is -0.379 e. The summed E-state index contributed by atoms with van der Waals surface area (Å²) in [6.45, 7) is 11.9. The molecule has 2 fully saturated rings. The molecule has 4 rings (SSSR count). The Bertz CT molecular complexity index is 825. The number of ether oxygens (including phenoxy) is 1. The number of aromatic nitrogens is 3. The summed E-state index contributed by atoms with van der Waals surface area (Å²) >= 11 is 0. The number of likely N-dealkylation sites (tertiary alicyclic amines) is 1. The molecule has 2 aromatic heterocycles. The number of hydrogen-bond acceptors (Lipinski definition) is 5. The first-order valence-corrected chi connectivity index (χ1v) is 9.96. The van der Waals surface area contributed by atoms with Gasteiger partial charge >= 0.3 is 0 Å². The number of amides is 1. The first kappa shape index (κ1) is 18.4. The van der Waals surface area contributed by atoms with Gasteiger partial charge in [0.15, 0.2) is 5.65 Å². The van der Waals surface area contributed by atoms with Gasteiger partial charge in [0.05, 0.1) is 24.6 Å². The van der Waals surface area contributed by atoms with Gasteiger partial charge in [-0.1, -0.05) is 13.8 Å². The largest absolute Gasteiger partial charge is 0.379 e. The monoisotopic (exact) mass is 371 g/mol. The zero-order chi connectivity index (χ0) is 19.0. The van der Waals surface area contributed by atoms with Gasteiger partial charge < -0.3 is 9.64 Å². The Kier molecular flexibility index (Phi) is 5.14. The van der Waals surface area contributed by atoms with Crippen LogP contribution in [0.2, 0.25) is 0 Å². The maximum absolute atomic E-state index is 12.3. The fraction of sp³-hybridized carbons (Fsp3) is 0.650. The highest BCUT2D eigenvalue weighted by Gasteiger charge is 2.30. The first-order valence-electron chi connectivity index (χ1n) is 9.96. The Hall–Kier alpha value is -1.99. The van der Waals surface area contributed by atoms with E-state index in [0.717, 1.165) is 69.4 Å². The summed E-state index contributed by atoms with van der Waals surface area (Å²) in [5.41, 5.74) is 4.35. The molecule has 0 radical (unpaired) electrons. The molecule has 4 heterocycles. The lowest BCUT2D eigenvalue weighted by molar-refractivity contribution is -0.133. The summed E-state index contributed by atoms with van der Waals surface area (Å²) in [6.07, 6.45) is 2.87. The average Bonchev–Trinajstić information content (AvgIpc) is 3.27. The molecule has 1 atom stereocenters. The van der Waals surface area contributed by atoms with E-state index >= 15 is 0 Å². The number of fused-ring (bicyclic) bond motifs is 1. The molecule has 0 N–H and O–H groups in total. The van der Waals surface area contributed by atoms with Gasteiger partial charge in [0.25, 0.3) is 0 Å². The highest BCUT2D eigenvalue weighted by Crippen LogP contribution is 2.29. The molecule has 2 aliphatic rings. The van der Waals surface area contributed by atoms with Crippen LogP contribution in [0.4, 0.5) is 0 Å². The quantitative estimate of drug-likeness (QED) is 0.821. The minimum absolute atomic E-state index is 0.0493. The van der Waals surface area contributed by atoms with Gasteiger partial charge in [0.1, 0.15) is 0 Å². The lowest BCUT2D eigenvalue weighted by atomic mass is 10.0. The molecule has 0 aromatic carbocycles. The van der Waals surface area contributed by atoms with Crippen LogP contribution in [0.3, 0.4) is 0 Å². The van der Waals surface area contributed by atoms with Crippen LogP contribution < -0.4 is 0 Å². The van der Waals surface area contributed by atoms with Crippen molar-refractivity contribution in [2.24, 2.45) is 5.92 Å². The van der Waals surface area contributed by atoms with Crippen molar-refractivity contribution >= 4 is 11.6 Å². The Labute approximate surface area is 160 Å². The standard InChI is InChI=1S/C20H29N5O2/c1-14(2)20(26)24-7-5-16(12-24)18-4-6-21-19-17(15(3)22-25(18)19)13-23-8-10-27-11-9-23/h4,6,14,16H,5,7-13H2,1-3H3/t16-/m1/s1. The van der Waals surface area contributed by atoms with E-state index in [1.807, 2.05) is 29.5 Å². The van der Waals surface area contributed by atoms with Crippen molar-refractivity contribution in [1.82, 2.24) is 24.4 Å². The molecule has 0 unspecified atom stereocenters. The Morgan fingerprint density at radius 2 is 2.07 bits per heavy atom. The van der Waals surface area contributed by atoms with Crippen molar-refractivity contribution in [3.63, 3.8) is 0 Å². The second-order valence-corrected chi connectivity index (χ2v) is 7.98. The van der Waals surface area contributed by atoms with Crippen LogP contribution in [0.15, 0.2) is 12.3 Å². The predicted molar refractivity (Wildman–Crippen MR) is 103 cm³/mol. The molecule has 0 bridgehead atoms. The Balaban J connectivity index is 1.60. The number of nitrogens with zero attached hydrogens (tertiary/aromatic N) is 5. The third-order valence-corrected chi connectivity index (χ3v) is 5.74. The maximum atomic E-state index is 12.3. The topological polar surface area (TPSA) is 63.0 Å². The van der Waals surface area contributed by atoms with Crippen LogP contribution in [-0.2, 0) is 16.1 Å². The lowest BCUT2D eigenvalue weighted by Crippen LogP contribution is -2.35. The summed E-state index contributed by atoms with van der Waals surface area (Å²) in [5, 5.41) is 4.82. The van der Waals surface area contributed by atoms with Crippen LogP contribution in [0.25, 0.3) is 5.65 Å². The van der Waals surface area contributed by atoms with E-state index in [9.17, 15) is 4.79 Å². The van der Waals surface area contributed by atoms with E-state index in [1.54, 1.807) is 0 Å². The van der Waals surface area contributed by atoms with Crippen molar-refractivity contribution in [2.75, 3.05) is 39.4 Å². The van der Waals surface area contributed by atoms with Gasteiger partial charge in [-0.25, -0.2) is 9.50 Å². The molecule has 2 aliphatic heterocycles. The molecule has 1 amide bonds. The average molecular weight is 371 g/mol. The molecule has 7 heteroatoms. The number of carbonyl (C=O) groups is 1. The van der Waals surface area contributed by atoms with Gasteiger partial charge in [-0.15, -0.1) is 0 Å². The predicted octanol–water partition coefficient (Wildman–Crippen LogP) is 1.84. The van der Waals surface area contributed by atoms with Crippen molar-refractivity contribution in [1.29, 1.82) is 0 Å². The molecule has 2 aromatic rings. The van der Waals surface area contributed by atoms with E-state index in [0.29, 0.717) is 5.92 Å². The van der Waals surface area contributed by atoms with Gasteiger partial charge in [-0.2, -0.15) is 5.10 Å². The number of carbonyl (C=O) groups excluding carboxylic acids is 1. The molecular weight excluding hydrogens is 342 g/mol. The number of hydrogen-bond donors (Lipinski definition) is 0. The normalized spacial score (nSPS) is 21.5. The molecule has 0 spiro atoms. The van der Waals surface area contributed by atoms with Crippen molar-refractivity contribution in [3.05, 3.63) is 29.2 Å². The van der Waals surface area contributed by atoms with E-state index in [1.165, 1.54) is 5.56 Å². The Morgan fingerprint density at radius 3 is 2.81 bits per heavy atom. The van der Waals surface area contributed by atoms with E-state index < -0.39 is 0 Å². The molecule has 0 saturated carbocycles. The van der Waals surface area contributed by atoms with E-state index in [4.69, 9.17) is 9.84 Å². The second-order valence-electron chi connectivity index (χ2n) is 7.98. The van der Waals surface area contributed by atoms with Crippen LogP contribution in [0, 0.1) is 12.8 Å². The molecule has 7 nitrogen and oxygen atoms in total. The van der Waals surface area contributed by atoms with Crippen LogP contribution in [0.1, 0.15) is 43.1 Å². The van der Waals surface area contributed by atoms with Crippen LogP contribution in [0.5, 0.6) is 0 Å². The van der Waals surface area contributed by atoms with Gasteiger partial charge in [-0.3, -0.25) is 9.69 Å². The summed E-state index contributed by atoms with van der Waals surface area (Å²) in [4.78, 5) is 21.4. The number of rotatable bonds is 4. The van der Waals surface area contributed by atoms with E-state index in [2.05, 4.69) is 22.9 Å². The van der Waals surface area contributed by atoms with Gasteiger partial charge in [-0.05, 0) is 19.4 Å². The first-order chi connectivity index (χ1) is 13.0. The van der Waals surface area contributed by atoms with Crippen molar-refractivity contribution < 1.29 is 9.53 Å². The molecule has 2 saturated heterocycles. The third-order valence-electron chi connectivity index (χ3n) is 5.74. The van der Waals surface area contributed by atoms with Crippen molar-refractivity contribution in [3.8, 4) is 0 Å². The molecule has 146 valence electrons. The highest BCUT2D eigenvalue weighted by atomic mass is 16.5. The van der Waals surface area contributed by atoms with Gasteiger partial charge in [0.2, 0.25) is 5.91 Å². The summed E-state index contributed by atoms with van der Waals surface area (Å²) in [7, 11) is 0. The minimum atomic E-state index is 0.0493. The fourth-order valence-corrected chi connectivity index (χ4v) is 4.16. The number of morpholine rings is 1. The molecule has 0 aliphatic carbocycles.